The minimum atomic E-state index is -0.140. The number of carbonyl (C=O) groups is 2. The van der Waals surface area contributed by atoms with Crippen LogP contribution in [0.1, 0.15) is 51.1 Å². The van der Waals surface area contributed by atoms with Crippen LogP contribution < -0.4 is 10.6 Å². The van der Waals surface area contributed by atoms with Gasteiger partial charge in [0.05, 0.1) is 5.56 Å². The lowest BCUT2D eigenvalue weighted by molar-refractivity contribution is 0.0692. The van der Waals surface area contributed by atoms with E-state index < -0.39 is 0 Å². The average molecular weight is 434 g/mol. The van der Waals surface area contributed by atoms with Gasteiger partial charge in [0, 0.05) is 18.7 Å². The van der Waals surface area contributed by atoms with Crippen molar-refractivity contribution in [1.82, 2.24) is 10.2 Å². The predicted octanol–water partition coefficient (Wildman–Crippen LogP) is 3.98. The Hall–Kier alpha value is -1.89. The molecule has 2 aliphatic rings. The maximum absolute atomic E-state index is 13.0. The van der Waals surface area contributed by atoms with E-state index in [0.717, 1.165) is 51.7 Å². The molecule has 2 aromatic rings. The van der Waals surface area contributed by atoms with Crippen molar-refractivity contribution in [3.05, 3.63) is 51.9 Å². The van der Waals surface area contributed by atoms with Crippen molar-refractivity contribution < 1.29 is 9.59 Å². The number of carbonyl (C=O) groups excluding carboxylic acids is 2. The van der Waals surface area contributed by atoms with Gasteiger partial charge in [-0.25, -0.2) is 0 Å². The summed E-state index contributed by atoms with van der Waals surface area (Å²) in [5.41, 5.74) is 3.90. The molecule has 0 unspecified atom stereocenters. The van der Waals surface area contributed by atoms with E-state index in [1.807, 2.05) is 35.5 Å². The van der Waals surface area contributed by atoms with Crippen LogP contribution in [0.2, 0.25) is 0 Å². The lowest BCUT2D eigenvalue weighted by Gasteiger charge is -2.32. The topological polar surface area (TPSA) is 61.4 Å². The van der Waals surface area contributed by atoms with Crippen molar-refractivity contribution in [1.29, 1.82) is 0 Å². The molecule has 0 bridgehead atoms. The fourth-order valence-corrected chi connectivity index (χ4v) is 5.04. The number of rotatable bonds is 5. The first-order chi connectivity index (χ1) is 13.7. The first-order valence-electron chi connectivity index (χ1n) is 10.1. The van der Waals surface area contributed by atoms with E-state index in [2.05, 4.69) is 16.7 Å². The number of fused-ring (bicyclic) bond motifs is 1. The molecule has 1 aromatic carbocycles. The summed E-state index contributed by atoms with van der Waals surface area (Å²) in [6.07, 6.45) is 5.35. The third-order valence-electron chi connectivity index (χ3n) is 5.88. The SMILES string of the molecule is CNCC1CCN(C(=O)c2ccsc2NC(=O)c2ccc3c(c2)CCC3)CC1.Cl. The summed E-state index contributed by atoms with van der Waals surface area (Å²) in [7, 11) is 1.97. The zero-order valence-corrected chi connectivity index (χ0v) is 18.3. The van der Waals surface area contributed by atoms with Crippen LogP contribution >= 0.6 is 23.7 Å². The summed E-state index contributed by atoms with van der Waals surface area (Å²) in [4.78, 5) is 27.6. The van der Waals surface area contributed by atoms with Crippen LogP contribution in [0, 0.1) is 5.92 Å². The van der Waals surface area contributed by atoms with Crippen LogP contribution in [-0.4, -0.2) is 43.4 Å². The number of nitrogens with one attached hydrogen (secondary N) is 2. The van der Waals surface area contributed by atoms with Crippen molar-refractivity contribution in [3.63, 3.8) is 0 Å². The van der Waals surface area contributed by atoms with Gasteiger partial charge in [-0.1, -0.05) is 6.07 Å². The summed E-state index contributed by atoms with van der Waals surface area (Å²) < 4.78 is 0. The molecule has 1 fully saturated rings. The zero-order valence-electron chi connectivity index (χ0n) is 16.7. The lowest BCUT2D eigenvalue weighted by Crippen LogP contribution is -2.40. The molecule has 2 N–H and O–H groups in total. The number of hydrogen-bond donors (Lipinski definition) is 2. The van der Waals surface area contributed by atoms with Gasteiger partial charge >= 0.3 is 0 Å². The van der Waals surface area contributed by atoms with Crippen molar-refractivity contribution in [2.75, 3.05) is 32.0 Å². The molecule has 1 aliphatic heterocycles. The van der Waals surface area contributed by atoms with Crippen molar-refractivity contribution in [2.45, 2.75) is 32.1 Å². The fraction of sp³-hybridized carbons (Fsp3) is 0.455. The Kier molecular flexibility index (Phi) is 7.33. The molecule has 0 atom stereocenters. The minimum absolute atomic E-state index is 0. The quantitative estimate of drug-likeness (QED) is 0.749. The lowest BCUT2D eigenvalue weighted by atomic mass is 9.96. The van der Waals surface area contributed by atoms with E-state index in [9.17, 15) is 9.59 Å². The number of nitrogens with zero attached hydrogens (tertiary/aromatic N) is 1. The van der Waals surface area contributed by atoms with Gasteiger partial charge in [0.1, 0.15) is 5.00 Å². The Morgan fingerprint density at radius 1 is 1.14 bits per heavy atom. The van der Waals surface area contributed by atoms with Crippen molar-refractivity contribution in [2.24, 2.45) is 5.92 Å². The standard InChI is InChI=1S/C22H27N3O2S.ClH/c1-23-14-15-7-10-25(11-8-15)22(27)19-9-12-28-21(19)24-20(26)18-6-5-16-3-2-4-17(16)13-18;/h5-6,9,12-13,15,23H,2-4,7-8,10-11,14H2,1H3,(H,24,26);1H. The molecule has 2 amide bonds. The number of benzene rings is 1. The Morgan fingerprint density at radius 2 is 1.90 bits per heavy atom. The number of hydrogen-bond acceptors (Lipinski definition) is 4. The van der Waals surface area contributed by atoms with Crippen molar-refractivity contribution >= 4 is 40.6 Å². The van der Waals surface area contributed by atoms with E-state index >= 15 is 0 Å². The molecule has 0 radical (unpaired) electrons. The molecule has 0 spiro atoms. The van der Waals surface area contributed by atoms with Gasteiger partial charge in [-0.05, 0) is 86.3 Å². The predicted molar refractivity (Wildman–Crippen MR) is 121 cm³/mol. The number of aryl methyl sites for hydroxylation is 2. The summed E-state index contributed by atoms with van der Waals surface area (Å²) in [6, 6.07) is 7.78. The van der Waals surface area contributed by atoms with E-state index in [1.165, 1.54) is 22.5 Å². The van der Waals surface area contributed by atoms with Gasteiger partial charge in [-0.2, -0.15) is 0 Å². The molecular weight excluding hydrogens is 406 g/mol. The minimum Gasteiger partial charge on any atom is -0.339 e. The maximum Gasteiger partial charge on any atom is 0.256 e. The Morgan fingerprint density at radius 3 is 2.66 bits per heavy atom. The molecule has 5 nitrogen and oxygen atoms in total. The second-order valence-corrected chi connectivity index (χ2v) is 8.66. The first kappa shape index (κ1) is 21.8. The van der Waals surface area contributed by atoms with Crippen LogP contribution in [0.4, 0.5) is 5.00 Å². The summed E-state index contributed by atoms with van der Waals surface area (Å²) in [5, 5.41) is 8.71. The molecule has 156 valence electrons. The molecule has 1 aliphatic carbocycles. The Labute approximate surface area is 182 Å². The highest BCUT2D eigenvalue weighted by Crippen LogP contribution is 2.28. The second-order valence-electron chi connectivity index (χ2n) is 7.75. The number of anilines is 1. The van der Waals surface area contributed by atoms with E-state index in [4.69, 9.17) is 0 Å². The summed E-state index contributed by atoms with van der Waals surface area (Å²) in [5.74, 6) is 0.517. The van der Waals surface area contributed by atoms with Gasteiger partial charge < -0.3 is 15.5 Å². The largest absolute Gasteiger partial charge is 0.339 e. The normalized spacial score (nSPS) is 16.2. The number of amides is 2. The summed E-state index contributed by atoms with van der Waals surface area (Å²) >= 11 is 1.41. The third-order valence-corrected chi connectivity index (χ3v) is 6.71. The number of piperidine rings is 1. The highest BCUT2D eigenvalue weighted by molar-refractivity contribution is 7.14. The van der Waals surface area contributed by atoms with E-state index in [0.29, 0.717) is 22.0 Å². The molecule has 4 rings (SSSR count). The van der Waals surface area contributed by atoms with Crippen LogP contribution in [0.3, 0.4) is 0 Å². The van der Waals surface area contributed by atoms with Crippen LogP contribution in [0.15, 0.2) is 29.6 Å². The molecule has 0 saturated carbocycles. The van der Waals surface area contributed by atoms with Gasteiger partial charge in [-0.3, -0.25) is 9.59 Å². The van der Waals surface area contributed by atoms with Gasteiger partial charge in [0.15, 0.2) is 0 Å². The molecule has 2 heterocycles. The molecule has 1 saturated heterocycles. The maximum atomic E-state index is 13.0. The molecular formula is C22H28ClN3O2S. The number of thiophene rings is 1. The third kappa shape index (κ3) is 4.82. The van der Waals surface area contributed by atoms with E-state index in [1.54, 1.807) is 0 Å². The number of halogens is 1. The van der Waals surface area contributed by atoms with Gasteiger partial charge in [0.25, 0.3) is 11.8 Å². The van der Waals surface area contributed by atoms with Gasteiger partial charge in [0.2, 0.25) is 0 Å². The summed E-state index contributed by atoms with van der Waals surface area (Å²) in [6.45, 7) is 2.56. The monoisotopic (exact) mass is 433 g/mol. The smallest absolute Gasteiger partial charge is 0.256 e. The van der Waals surface area contributed by atoms with Crippen LogP contribution in [0.5, 0.6) is 0 Å². The average Bonchev–Trinajstić information content (AvgIpc) is 3.37. The Bertz CT molecular complexity index is 875. The first-order valence-corrected chi connectivity index (χ1v) is 11.0. The highest BCUT2D eigenvalue weighted by Gasteiger charge is 2.26. The fourth-order valence-electron chi connectivity index (χ4n) is 4.26. The Balaban J connectivity index is 0.00000240. The van der Waals surface area contributed by atoms with Crippen LogP contribution in [0.25, 0.3) is 0 Å². The van der Waals surface area contributed by atoms with Crippen molar-refractivity contribution in [3.8, 4) is 0 Å². The molecule has 7 heteroatoms. The van der Waals surface area contributed by atoms with Gasteiger partial charge in [-0.15, -0.1) is 23.7 Å². The molecule has 29 heavy (non-hydrogen) atoms. The second kappa shape index (κ2) is 9.74. The molecule has 1 aromatic heterocycles. The highest BCUT2D eigenvalue weighted by atomic mass is 35.5. The number of likely N-dealkylation sites (tertiary alicyclic amines) is 1. The zero-order chi connectivity index (χ0) is 19.5. The van der Waals surface area contributed by atoms with Crippen LogP contribution in [-0.2, 0) is 12.8 Å². The van der Waals surface area contributed by atoms with E-state index in [-0.39, 0.29) is 24.2 Å².